The first-order valence-electron chi connectivity index (χ1n) is 4.36. The Bertz CT molecular complexity index is 209. The molecule has 2 unspecified atom stereocenters. The second kappa shape index (κ2) is 5.12. The maximum Gasteiger partial charge on any atom is 0.204 e. The molecule has 0 aromatic heterocycles. The Labute approximate surface area is 79.4 Å². The van der Waals surface area contributed by atoms with Crippen LogP contribution in [0.15, 0.2) is 0 Å². The lowest BCUT2D eigenvalue weighted by Gasteiger charge is -2.12. The van der Waals surface area contributed by atoms with Crippen LogP contribution in [0.1, 0.15) is 40.5 Å². The Hall–Kier alpha value is 0.300. The van der Waals surface area contributed by atoms with Crippen LogP contribution in [0, 0.1) is 0 Å². The standard InChI is InChI=1S/C8H18O2S2/c1-5-7(3)11-12(9,10)8(4)6-2/h7-8H,5-6H2,1-4H3. The molecule has 2 nitrogen and oxygen atoms in total. The van der Waals surface area contributed by atoms with Crippen LogP contribution in [0.4, 0.5) is 0 Å². The van der Waals surface area contributed by atoms with Gasteiger partial charge in [0.2, 0.25) is 8.87 Å². The Balaban J connectivity index is 4.23. The van der Waals surface area contributed by atoms with Gasteiger partial charge in [-0.15, -0.1) is 0 Å². The van der Waals surface area contributed by atoms with E-state index in [-0.39, 0.29) is 10.5 Å². The Morgan fingerprint density at radius 2 is 1.67 bits per heavy atom. The molecule has 0 spiro atoms. The van der Waals surface area contributed by atoms with Crippen LogP contribution in [-0.2, 0) is 8.87 Å². The minimum Gasteiger partial charge on any atom is -0.217 e. The molecular formula is C8H18O2S2. The molecule has 0 N–H and O–H groups in total. The molecule has 2 atom stereocenters. The van der Waals surface area contributed by atoms with Crippen molar-refractivity contribution in [2.45, 2.75) is 51.0 Å². The highest BCUT2D eigenvalue weighted by molar-refractivity contribution is 8.72. The quantitative estimate of drug-likeness (QED) is 0.654. The minimum absolute atomic E-state index is 0.212. The SMILES string of the molecule is CCC(C)SS(=O)(=O)C(C)CC. The lowest BCUT2D eigenvalue weighted by molar-refractivity contribution is 0.596. The number of hydrogen-bond donors (Lipinski definition) is 0. The molecule has 0 radical (unpaired) electrons. The summed E-state index contributed by atoms with van der Waals surface area (Å²) in [6, 6.07) is 0. The Morgan fingerprint density at radius 3 is 2.00 bits per heavy atom. The zero-order valence-corrected chi connectivity index (χ0v) is 9.83. The minimum atomic E-state index is -2.91. The first-order chi connectivity index (χ1) is 5.44. The number of rotatable bonds is 5. The van der Waals surface area contributed by atoms with Gasteiger partial charge < -0.3 is 0 Å². The molecule has 0 rings (SSSR count). The van der Waals surface area contributed by atoms with E-state index >= 15 is 0 Å². The van der Waals surface area contributed by atoms with E-state index < -0.39 is 8.87 Å². The molecule has 0 saturated heterocycles. The van der Waals surface area contributed by atoms with E-state index in [1.807, 2.05) is 20.8 Å². The predicted octanol–water partition coefficient (Wildman–Crippen LogP) is 2.65. The summed E-state index contributed by atoms with van der Waals surface area (Å²) in [7, 11) is -1.80. The van der Waals surface area contributed by atoms with E-state index in [4.69, 9.17) is 0 Å². The second-order valence-electron chi connectivity index (χ2n) is 3.03. The third kappa shape index (κ3) is 3.81. The van der Waals surface area contributed by atoms with Crippen molar-refractivity contribution in [2.75, 3.05) is 0 Å². The van der Waals surface area contributed by atoms with Crippen molar-refractivity contribution in [2.24, 2.45) is 0 Å². The van der Waals surface area contributed by atoms with Crippen LogP contribution >= 0.6 is 10.8 Å². The van der Waals surface area contributed by atoms with Crippen LogP contribution < -0.4 is 0 Å². The summed E-state index contributed by atoms with van der Waals surface area (Å²) in [4.78, 5) is 0. The molecule has 0 aliphatic rings. The van der Waals surface area contributed by atoms with Crippen molar-refractivity contribution in [3.8, 4) is 0 Å². The fourth-order valence-electron chi connectivity index (χ4n) is 0.596. The van der Waals surface area contributed by atoms with Gasteiger partial charge in [0.1, 0.15) is 0 Å². The molecule has 0 aliphatic heterocycles. The van der Waals surface area contributed by atoms with Crippen LogP contribution in [0.3, 0.4) is 0 Å². The van der Waals surface area contributed by atoms with Crippen molar-refractivity contribution in [1.82, 2.24) is 0 Å². The molecule has 4 heteroatoms. The van der Waals surface area contributed by atoms with Gasteiger partial charge in [0.25, 0.3) is 0 Å². The van der Waals surface area contributed by atoms with E-state index in [1.165, 1.54) is 0 Å². The molecule has 0 bridgehead atoms. The summed E-state index contributed by atoms with van der Waals surface area (Å²) in [5, 5.41) is 0.000463. The normalized spacial score (nSPS) is 17.3. The second-order valence-corrected chi connectivity index (χ2v) is 7.79. The molecule has 0 aliphatic carbocycles. The molecule has 0 amide bonds. The first kappa shape index (κ1) is 12.3. The van der Waals surface area contributed by atoms with E-state index in [1.54, 1.807) is 6.92 Å². The smallest absolute Gasteiger partial charge is 0.204 e. The van der Waals surface area contributed by atoms with Crippen molar-refractivity contribution in [3.63, 3.8) is 0 Å². The third-order valence-electron chi connectivity index (χ3n) is 1.94. The fraction of sp³-hybridized carbons (Fsp3) is 1.00. The van der Waals surface area contributed by atoms with Gasteiger partial charge in [0, 0.05) is 5.25 Å². The predicted molar refractivity (Wildman–Crippen MR) is 56.0 cm³/mol. The molecule has 12 heavy (non-hydrogen) atoms. The zero-order valence-electron chi connectivity index (χ0n) is 8.20. The van der Waals surface area contributed by atoms with Gasteiger partial charge in [-0.25, -0.2) is 8.42 Å². The molecule has 0 heterocycles. The van der Waals surface area contributed by atoms with Crippen LogP contribution in [0.2, 0.25) is 0 Å². The van der Waals surface area contributed by atoms with Crippen LogP contribution in [-0.4, -0.2) is 18.9 Å². The molecular weight excluding hydrogens is 192 g/mol. The highest BCUT2D eigenvalue weighted by Crippen LogP contribution is 2.26. The summed E-state index contributed by atoms with van der Waals surface area (Å²) >= 11 is 0. The van der Waals surface area contributed by atoms with E-state index in [0.29, 0.717) is 6.42 Å². The van der Waals surface area contributed by atoms with Gasteiger partial charge in [0.15, 0.2) is 0 Å². The maximum absolute atomic E-state index is 11.5. The summed E-state index contributed by atoms with van der Waals surface area (Å²) in [6.07, 6.45) is 1.60. The van der Waals surface area contributed by atoms with E-state index in [0.717, 1.165) is 17.2 Å². The average molecular weight is 210 g/mol. The molecule has 0 saturated carbocycles. The van der Waals surface area contributed by atoms with Crippen LogP contribution in [0.5, 0.6) is 0 Å². The van der Waals surface area contributed by atoms with Gasteiger partial charge in [-0.1, -0.05) is 20.8 Å². The topological polar surface area (TPSA) is 34.1 Å². The summed E-state index contributed by atoms with van der Waals surface area (Å²) in [5.41, 5.74) is 0. The molecule has 0 aromatic rings. The van der Waals surface area contributed by atoms with E-state index in [2.05, 4.69) is 0 Å². The molecule has 0 aromatic carbocycles. The summed E-state index contributed by atoms with van der Waals surface area (Å²) < 4.78 is 23.0. The number of hydrogen-bond acceptors (Lipinski definition) is 3. The van der Waals surface area contributed by atoms with Gasteiger partial charge in [-0.2, -0.15) is 0 Å². The first-order valence-corrected chi connectivity index (χ1v) is 7.30. The summed E-state index contributed by atoms with van der Waals surface area (Å²) in [5.74, 6) is 0. The Morgan fingerprint density at radius 1 is 1.17 bits per heavy atom. The Kier molecular flexibility index (Phi) is 5.25. The van der Waals surface area contributed by atoms with Gasteiger partial charge in [-0.05, 0) is 30.6 Å². The fourth-order valence-corrected chi connectivity index (χ4v) is 4.55. The highest BCUT2D eigenvalue weighted by atomic mass is 33.1. The summed E-state index contributed by atoms with van der Waals surface area (Å²) in [6.45, 7) is 7.62. The van der Waals surface area contributed by atoms with Crippen molar-refractivity contribution >= 4 is 19.7 Å². The van der Waals surface area contributed by atoms with Gasteiger partial charge in [0.05, 0.1) is 5.25 Å². The van der Waals surface area contributed by atoms with E-state index in [9.17, 15) is 8.42 Å². The van der Waals surface area contributed by atoms with Gasteiger partial charge >= 0.3 is 0 Å². The van der Waals surface area contributed by atoms with Crippen molar-refractivity contribution < 1.29 is 8.42 Å². The largest absolute Gasteiger partial charge is 0.217 e. The lowest BCUT2D eigenvalue weighted by atomic mass is 10.4. The third-order valence-corrected chi connectivity index (χ3v) is 6.97. The molecule has 0 fully saturated rings. The van der Waals surface area contributed by atoms with Crippen LogP contribution in [0.25, 0.3) is 0 Å². The maximum atomic E-state index is 11.5. The lowest BCUT2D eigenvalue weighted by Crippen LogP contribution is -2.15. The zero-order chi connectivity index (χ0) is 9.78. The highest BCUT2D eigenvalue weighted by Gasteiger charge is 2.21. The average Bonchev–Trinajstić information content (AvgIpc) is 2.02. The van der Waals surface area contributed by atoms with Crippen molar-refractivity contribution in [1.29, 1.82) is 0 Å². The monoisotopic (exact) mass is 210 g/mol. The van der Waals surface area contributed by atoms with Crippen molar-refractivity contribution in [3.05, 3.63) is 0 Å². The molecule has 74 valence electrons. The van der Waals surface area contributed by atoms with Gasteiger partial charge in [-0.3, -0.25) is 0 Å².